The van der Waals surface area contributed by atoms with Crippen molar-refractivity contribution in [3.8, 4) is 0 Å². The van der Waals surface area contributed by atoms with Gasteiger partial charge in [0.2, 0.25) is 0 Å². The predicted octanol–water partition coefficient (Wildman–Crippen LogP) is -0.162. The second-order valence-electron chi connectivity index (χ2n) is 1.96. The van der Waals surface area contributed by atoms with Crippen molar-refractivity contribution in [2.45, 2.75) is 6.04 Å². The van der Waals surface area contributed by atoms with Gasteiger partial charge in [-0.2, -0.15) is 0 Å². The minimum atomic E-state index is -1.14. The van der Waals surface area contributed by atoms with Crippen molar-refractivity contribution in [3.05, 3.63) is 17.7 Å². The molecule has 0 fully saturated rings. The Morgan fingerprint density at radius 3 is 2.91 bits per heavy atom. The number of carboxylic acid groups (broad SMARTS) is 1. The smallest absolute Gasteiger partial charge is 0.333 e. The Morgan fingerprint density at radius 2 is 2.45 bits per heavy atom. The number of nitrogens with zero attached hydrogens (tertiary/aromatic N) is 1. The highest BCUT2D eigenvalue weighted by Gasteiger charge is 2.21. The summed E-state index contributed by atoms with van der Waals surface area (Å²) in [7, 11) is 0. The molecular weight excluding hydrogens is 146 g/mol. The van der Waals surface area contributed by atoms with Gasteiger partial charge in [0.25, 0.3) is 0 Å². The van der Waals surface area contributed by atoms with E-state index in [1.165, 1.54) is 24.3 Å². The van der Waals surface area contributed by atoms with E-state index in [4.69, 9.17) is 5.11 Å². The molecule has 1 aliphatic heterocycles. The van der Waals surface area contributed by atoms with Crippen LogP contribution in [0.2, 0.25) is 0 Å². The fraction of sp³-hybridized carbons (Fsp3) is 0.143. The molecule has 0 bridgehead atoms. The molecule has 1 aliphatic rings. The van der Waals surface area contributed by atoms with Crippen LogP contribution in [0.5, 0.6) is 0 Å². The number of aliphatic carboxylic acids is 1. The van der Waals surface area contributed by atoms with Crippen LogP contribution < -0.4 is 0 Å². The lowest BCUT2D eigenvalue weighted by Crippen LogP contribution is -2.21. The fourth-order valence-corrected chi connectivity index (χ4v) is 0.741. The van der Waals surface area contributed by atoms with E-state index < -0.39 is 12.0 Å². The van der Waals surface area contributed by atoms with Gasteiger partial charge in [0.05, 0.1) is 5.57 Å². The third-order valence-electron chi connectivity index (χ3n) is 1.24. The Morgan fingerprint density at radius 1 is 1.73 bits per heavy atom. The largest absolute Gasteiger partial charge is 0.479 e. The van der Waals surface area contributed by atoms with Crippen LogP contribution in [0.15, 0.2) is 22.7 Å². The van der Waals surface area contributed by atoms with Crippen LogP contribution in [-0.2, 0) is 9.59 Å². The molecule has 1 N–H and O–H groups in total. The summed E-state index contributed by atoms with van der Waals surface area (Å²) in [6.07, 6.45) is 4.23. The van der Waals surface area contributed by atoms with E-state index in [0.29, 0.717) is 0 Å². The molecule has 0 radical (unpaired) electrons. The van der Waals surface area contributed by atoms with Crippen LogP contribution in [0, 0.1) is 0 Å². The average Bonchev–Trinajstić information content (AvgIpc) is 2.04. The zero-order valence-electron chi connectivity index (χ0n) is 5.52. The molecule has 0 aromatic heterocycles. The minimum absolute atomic E-state index is 0.0556. The standard InChI is InChI=1S/C7H5NO3/c9-4-5-2-1-3-8-6(5)7(10)11/h1-3,6H,(H,10,11). The van der Waals surface area contributed by atoms with Crippen molar-refractivity contribution >= 4 is 18.1 Å². The van der Waals surface area contributed by atoms with Crippen molar-refractivity contribution in [2.24, 2.45) is 4.99 Å². The van der Waals surface area contributed by atoms with E-state index in [0.717, 1.165) is 0 Å². The molecule has 0 aliphatic carbocycles. The number of hydrogen-bond donors (Lipinski definition) is 1. The summed E-state index contributed by atoms with van der Waals surface area (Å²) in [6.45, 7) is 0. The molecule has 1 rings (SSSR count). The lowest BCUT2D eigenvalue weighted by atomic mass is 10.1. The van der Waals surface area contributed by atoms with Crippen LogP contribution in [0.25, 0.3) is 0 Å². The Balaban J connectivity index is 2.97. The second-order valence-corrected chi connectivity index (χ2v) is 1.96. The van der Waals surface area contributed by atoms with E-state index in [-0.39, 0.29) is 5.57 Å². The molecule has 0 aromatic rings. The van der Waals surface area contributed by atoms with E-state index in [1.807, 2.05) is 0 Å². The Bertz CT molecular complexity index is 284. The first-order chi connectivity index (χ1) is 5.25. The van der Waals surface area contributed by atoms with E-state index in [1.54, 1.807) is 0 Å². The van der Waals surface area contributed by atoms with Gasteiger partial charge in [-0.1, -0.05) is 0 Å². The SMILES string of the molecule is O=C=C1C=CC=NC1C(=O)O. The molecule has 11 heavy (non-hydrogen) atoms. The number of carbonyl (C=O) groups is 1. The lowest BCUT2D eigenvalue weighted by Gasteiger charge is -2.06. The van der Waals surface area contributed by atoms with Crippen LogP contribution in [0.1, 0.15) is 0 Å². The summed E-state index contributed by atoms with van der Waals surface area (Å²) in [5.74, 6) is 0.385. The molecule has 1 atom stereocenters. The molecule has 0 spiro atoms. The van der Waals surface area contributed by atoms with Gasteiger partial charge >= 0.3 is 5.97 Å². The fourth-order valence-electron chi connectivity index (χ4n) is 0.741. The molecule has 4 heteroatoms. The maximum absolute atomic E-state index is 10.4. The molecular formula is C7H5NO3. The van der Waals surface area contributed by atoms with Crippen LogP contribution in [0.3, 0.4) is 0 Å². The lowest BCUT2D eigenvalue weighted by molar-refractivity contribution is -0.137. The first-order valence-corrected chi connectivity index (χ1v) is 2.93. The quantitative estimate of drug-likeness (QED) is 0.529. The molecule has 1 heterocycles. The predicted molar refractivity (Wildman–Crippen MR) is 38.3 cm³/mol. The number of allylic oxidation sites excluding steroid dienone is 1. The Kier molecular flexibility index (Phi) is 1.99. The van der Waals surface area contributed by atoms with Crippen molar-refractivity contribution in [1.29, 1.82) is 0 Å². The summed E-state index contributed by atoms with van der Waals surface area (Å²) in [4.78, 5) is 24.1. The topological polar surface area (TPSA) is 66.7 Å². The molecule has 0 amide bonds. The summed E-state index contributed by atoms with van der Waals surface area (Å²) < 4.78 is 0. The molecule has 0 saturated carbocycles. The van der Waals surface area contributed by atoms with Crippen molar-refractivity contribution in [2.75, 3.05) is 0 Å². The van der Waals surface area contributed by atoms with Crippen molar-refractivity contribution in [1.82, 2.24) is 0 Å². The summed E-state index contributed by atoms with van der Waals surface area (Å²) in [5.41, 5.74) is 0.0556. The highest BCUT2D eigenvalue weighted by molar-refractivity contribution is 5.89. The Hall–Kier alpha value is -1.67. The molecule has 0 aromatic carbocycles. The van der Waals surface area contributed by atoms with Gasteiger partial charge in [0.15, 0.2) is 6.04 Å². The average molecular weight is 151 g/mol. The molecule has 4 nitrogen and oxygen atoms in total. The number of carbonyl (C=O) groups excluding carboxylic acids is 1. The first-order valence-electron chi connectivity index (χ1n) is 2.93. The van der Waals surface area contributed by atoms with Crippen molar-refractivity contribution < 1.29 is 14.7 Å². The van der Waals surface area contributed by atoms with E-state index in [2.05, 4.69) is 4.99 Å². The van der Waals surface area contributed by atoms with Gasteiger partial charge in [0, 0.05) is 6.21 Å². The third-order valence-corrected chi connectivity index (χ3v) is 1.24. The van der Waals surface area contributed by atoms with Gasteiger partial charge in [0.1, 0.15) is 5.94 Å². The van der Waals surface area contributed by atoms with Gasteiger partial charge in [-0.15, -0.1) is 0 Å². The summed E-state index contributed by atoms with van der Waals surface area (Å²) in [6, 6.07) is -1.07. The molecule has 56 valence electrons. The maximum Gasteiger partial charge on any atom is 0.333 e. The number of rotatable bonds is 1. The summed E-state index contributed by atoms with van der Waals surface area (Å²) in [5, 5.41) is 8.49. The zero-order valence-corrected chi connectivity index (χ0v) is 5.52. The molecule has 0 saturated heterocycles. The number of carboxylic acids is 1. The van der Waals surface area contributed by atoms with Gasteiger partial charge < -0.3 is 5.11 Å². The first kappa shape index (κ1) is 7.44. The normalized spacial score (nSPS) is 21.5. The van der Waals surface area contributed by atoms with E-state index >= 15 is 0 Å². The van der Waals surface area contributed by atoms with Gasteiger partial charge in [-0.05, 0) is 12.2 Å². The number of hydrogen-bond acceptors (Lipinski definition) is 3. The monoisotopic (exact) mass is 151 g/mol. The van der Waals surface area contributed by atoms with Crippen LogP contribution in [0.4, 0.5) is 0 Å². The number of aliphatic imine (C=N–C) groups is 1. The zero-order chi connectivity index (χ0) is 8.27. The summed E-state index contributed by atoms with van der Waals surface area (Å²) >= 11 is 0. The van der Waals surface area contributed by atoms with Gasteiger partial charge in [-0.3, -0.25) is 4.99 Å². The molecule has 1 unspecified atom stereocenters. The highest BCUT2D eigenvalue weighted by atomic mass is 16.4. The highest BCUT2D eigenvalue weighted by Crippen LogP contribution is 2.08. The van der Waals surface area contributed by atoms with Gasteiger partial charge in [-0.25, -0.2) is 9.59 Å². The second kappa shape index (κ2) is 2.94. The van der Waals surface area contributed by atoms with Crippen molar-refractivity contribution in [3.63, 3.8) is 0 Å². The van der Waals surface area contributed by atoms with E-state index in [9.17, 15) is 9.59 Å². The Labute approximate surface area is 62.6 Å². The minimum Gasteiger partial charge on any atom is -0.479 e. The number of dihydropyridines is 1. The van der Waals surface area contributed by atoms with Crippen LogP contribution in [-0.4, -0.2) is 29.3 Å². The third kappa shape index (κ3) is 1.42. The van der Waals surface area contributed by atoms with Crippen LogP contribution >= 0.6 is 0 Å². The maximum atomic E-state index is 10.4.